The Morgan fingerprint density at radius 2 is 1.85 bits per heavy atom. The van der Waals surface area contributed by atoms with E-state index in [4.69, 9.17) is 4.74 Å². The van der Waals surface area contributed by atoms with Gasteiger partial charge in [0, 0.05) is 22.3 Å². The van der Waals surface area contributed by atoms with Gasteiger partial charge in [0.1, 0.15) is 12.4 Å². The highest BCUT2D eigenvalue weighted by atomic mass is 32.1. The van der Waals surface area contributed by atoms with Crippen LogP contribution in [0.25, 0.3) is 0 Å². The Morgan fingerprint density at radius 1 is 1.10 bits per heavy atom. The first-order chi connectivity index (χ1) is 9.69. The minimum absolute atomic E-state index is 0.522. The molecule has 1 heterocycles. The van der Waals surface area contributed by atoms with E-state index in [1.807, 2.05) is 23.5 Å². The van der Waals surface area contributed by atoms with Crippen LogP contribution in [0.3, 0.4) is 0 Å². The molecule has 0 amide bonds. The standard InChI is InChI=1S/C17H23NOS/c1-4-14-7-5-6-8-17(14)19-12-16-10-9-15(20-16)11-18-13(2)3/h5-10,13,18H,4,11-12H2,1-3H3. The molecule has 0 radical (unpaired) electrons. The van der Waals surface area contributed by atoms with Crippen molar-refractivity contribution in [2.45, 2.75) is 46.4 Å². The van der Waals surface area contributed by atoms with Gasteiger partial charge in [-0.25, -0.2) is 0 Å². The number of hydrogen-bond donors (Lipinski definition) is 1. The summed E-state index contributed by atoms with van der Waals surface area (Å²) in [5, 5.41) is 3.44. The Morgan fingerprint density at radius 3 is 2.60 bits per heavy atom. The van der Waals surface area contributed by atoms with Gasteiger partial charge in [0.2, 0.25) is 0 Å². The second-order valence-corrected chi connectivity index (χ2v) is 6.41. The number of hydrogen-bond acceptors (Lipinski definition) is 3. The molecule has 0 aliphatic carbocycles. The molecule has 20 heavy (non-hydrogen) atoms. The molecule has 0 saturated heterocycles. The van der Waals surface area contributed by atoms with Crippen LogP contribution in [0.1, 0.15) is 36.1 Å². The van der Waals surface area contributed by atoms with E-state index in [0.717, 1.165) is 18.7 Å². The Kier molecular flexibility index (Phi) is 5.62. The van der Waals surface area contributed by atoms with Crippen molar-refractivity contribution in [3.8, 4) is 5.75 Å². The van der Waals surface area contributed by atoms with Crippen LogP contribution in [-0.4, -0.2) is 6.04 Å². The molecular formula is C17H23NOS. The summed E-state index contributed by atoms with van der Waals surface area (Å²) in [5.74, 6) is 1.00. The van der Waals surface area contributed by atoms with Crippen molar-refractivity contribution < 1.29 is 4.74 Å². The maximum atomic E-state index is 5.94. The highest BCUT2D eigenvalue weighted by molar-refractivity contribution is 7.11. The molecule has 0 spiro atoms. The summed E-state index contributed by atoms with van der Waals surface area (Å²) in [6, 6.07) is 13.1. The summed E-state index contributed by atoms with van der Waals surface area (Å²) in [4.78, 5) is 2.64. The first-order valence-electron chi connectivity index (χ1n) is 7.20. The molecule has 0 fully saturated rings. The first-order valence-corrected chi connectivity index (χ1v) is 8.02. The number of para-hydroxylation sites is 1. The van der Waals surface area contributed by atoms with Gasteiger partial charge >= 0.3 is 0 Å². The number of rotatable bonds is 7. The number of thiophene rings is 1. The van der Waals surface area contributed by atoms with E-state index >= 15 is 0 Å². The van der Waals surface area contributed by atoms with Crippen molar-refractivity contribution in [2.75, 3.05) is 0 Å². The molecule has 0 atom stereocenters. The smallest absolute Gasteiger partial charge is 0.123 e. The third-order valence-electron chi connectivity index (χ3n) is 3.13. The molecular weight excluding hydrogens is 266 g/mol. The number of nitrogens with one attached hydrogen (secondary N) is 1. The van der Waals surface area contributed by atoms with E-state index in [9.17, 15) is 0 Å². The van der Waals surface area contributed by atoms with Gasteiger partial charge in [0.05, 0.1) is 0 Å². The molecule has 3 heteroatoms. The fourth-order valence-electron chi connectivity index (χ4n) is 1.99. The Labute approximate surface area is 125 Å². The van der Waals surface area contributed by atoms with E-state index < -0.39 is 0 Å². The lowest BCUT2D eigenvalue weighted by molar-refractivity contribution is 0.306. The summed E-state index contributed by atoms with van der Waals surface area (Å²) >= 11 is 1.82. The molecule has 2 aromatic rings. The SMILES string of the molecule is CCc1ccccc1OCc1ccc(CNC(C)C)s1. The van der Waals surface area contributed by atoms with Crippen LogP contribution in [0.4, 0.5) is 0 Å². The average Bonchev–Trinajstić information content (AvgIpc) is 2.91. The third kappa shape index (κ3) is 4.36. The molecule has 0 bridgehead atoms. The number of aryl methyl sites for hydroxylation is 1. The molecule has 1 N–H and O–H groups in total. The molecule has 0 unspecified atom stereocenters. The van der Waals surface area contributed by atoms with Gasteiger partial charge in [-0.15, -0.1) is 11.3 Å². The van der Waals surface area contributed by atoms with Crippen LogP contribution in [0.15, 0.2) is 36.4 Å². The summed E-state index contributed by atoms with van der Waals surface area (Å²) in [5.41, 5.74) is 1.27. The van der Waals surface area contributed by atoms with Crippen molar-refractivity contribution in [3.63, 3.8) is 0 Å². The second-order valence-electron chi connectivity index (χ2n) is 5.15. The van der Waals surface area contributed by atoms with Crippen LogP contribution >= 0.6 is 11.3 Å². The predicted molar refractivity (Wildman–Crippen MR) is 86.4 cm³/mol. The van der Waals surface area contributed by atoms with Gasteiger partial charge in [-0.1, -0.05) is 39.0 Å². The van der Waals surface area contributed by atoms with Crippen molar-refractivity contribution in [1.29, 1.82) is 0 Å². The van der Waals surface area contributed by atoms with Gasteiger partial charge in [-0.05, 0) is 30.2 Å². The van der Waals surface area contributed by atoms with E-state index in [-0.39, 0.29) is 0 Å². The molecule has 2 nitrogen and oxygen atoms in total. The van der Waals surface area contributed by atoms with Crippen molar-refractivity contribution in [1.82, 2.24) is 5.32 Å². The first kappa shape index (κ1) is 15.1. The van der Waals surface area contributed by atoms with Crippen LogP contribution in [0.2, 0.25) is 0 Å². The zero-order valence-corrected chi connectivity index (χ0v) is 13.3. The summed E-state index contributed by atoms with van der Waals surface area (Å²) in [6.07, 6.45) is 1.00. The van der Waals surface area contributed by atoms with Crippen molar-refractivity contribution in [2.24, 2.45) is 0 Å². The minimum atomic E-state index is 0.522. The molecule has 1 aromatic heterocycles. The lowest BCUT2D eigenvalue weighted by Gasteiger charge is -2.09. The average molecular weight is 289 g/mol. The van der Waals surface area contributed by atoms with Gasteiger partial charge in [-0.2, -0.15) is 0 Å². The maximum absolute atomic E-state index is 5.94. The lowest BCUT2D eigenvalue weighted by atomic mass is 10.1. The van der Waals surface area contributed by atoms with E-state index in [1.165, 1.54) is 15.3 Å². The van der Waals surface area contributed by atoms with E-state index in [0.29, 0.717) is 12.6 Å². The van der Waals surface area contributed by atoms with Gasteiger partial charge in [0.15, 0.2) is 0 Å². The number of ether oxygens (including phenoxy) is 1. The van der Waals surface area contributed by atoms with Crippen molar-refractivity contribution in [3.05, 3.63) is 51.7 Å². The zero-order chi connectivity index (χ0) is 14.4. The summed E-state index contributed by atoms with van der Waals surface area (Å²) in [6.45, 7) is 8.08. The Bertz CT molecular complexity index is 533. The fourth-order valence-corrected chi connectivity index (χ4v) is 2.87. The molecule has 108 valence electrons. The van der Waals surface area contributed by atoms with Crippen LogP contribution < -0.4 is 10.1 Å². The third-order valence-corrected chi connectivity index (χ3v) is 4.18. The Balaban J connectivity index is 1.91. The zero-order valence-electron chi connectivity index (χ0n) is 12.5. The second kappa shape index (κ2) is 7.46. The molecule has 1 aromatic carbocycles. The maximum Gasteiger partial charge on any atom is 0.123 e. The molecule has 2 rings (SSSR count). The molecule has 0 aliphatic heterocycles. The predicted octanol–water partition coefficient (Wildman–Crippen LogP) is 4.39. The monoisotopic (exact) mass is 289 g/mol. The molecule has 0 aliphatic rings. The van der Waals surface area contributed by atoms with Crippen LogP contribution in [0, 0.1) is 0 Å². The quantitative estimate of drug-likeness (QED) is 0.816. The van der Waals surface area contributed by atoms with Crippen LogP contribution in [-0.2, 0) is 19.6 Å². The van der Waals surface area contributed by atoms with Gasteiger partial charge in [-0.3, -0.25) is 0 Å². The Hall–Kier alpha value is -1.32. The highest BCUT2D eigenvalue weighted by Gasteiger charge is 2.04. The topological polar surface area (TPSA) is 21.3 Å². The van der Waals surface area contributed by atoms with E-state index in [2.05, 4.69) is 50.4 Å². The minimum Gasteiger partial charge on any atom is -0.488 e. The van der Waals surface area contributed by atoms with Crippen LogP contribution in [0.5, 0.6) is 5.75 Å². The summed E-state index contributed by atoms with van der Waals surface area (Å²) in [7, 11) is 0. The van der Waals surface area contributed by atoms with Gasteiger partial charge < -0.3 is 10.1 Å². The number of benzene rings is 1. The van der Waals surface area contributed by atoms with Crippen molar-refractivity contribution >= 4 is 11.3 Å². The van der Waals surface area contributed by atoms with Gasteiger partial charge in [0.25, 0.3) is 0 Å². The van der Waals surface area contributed by atoms with E-state index in [1.54, 1.807) is 0 Å². The largest absolute Gasteiger partial charge is 0.488 e. The normalized spacial score (nSPS) is 11.0. The highest BCUT2D eigenvalue weighted by Crippen LogP contribution is 2.22. The fraction of sp³-hybridized carbons (Fsp3) is 0.412. The lowest BCUT2D eigenvalue weighted by Crippen LogP contribution is -2.21. The summed E-state index contributed by atoms with van der Waals surface area (Å²) < 4.78 is 5.94. The molecule has 0 saturated carbocycles.